The molecule has 0 aliphatic heterocycles. The predicted molar refractivity (Wildman–Crippen MR) is 146 cm³/mol. The Kier molecular flexibility index (Phi) is 7.27. The van der Waals surface area contributed by atoms with Gasteiger partial charge in [-0.15, -0.1) is 0 Å². The summed E-state index contributed by atoms with van der Waals surface area (Å²) in [5.41, 5.74) is 2.61. The summed E-state index contributed by atoms with van der Waals surface area (Å²) in [6, 6.07) is 17.5. The van der Waals surface area contributed by atoms with Gasteiger partial charge in [-0.1, -0.05) is 18.2 Å². The highest BCUT2D eigenvalue weighted by molar-refractivity contribution is 7.89. The van der Waals surface area contributed by atoms with Crippen LogP contribution in [0, 0.1) is 23.0 Å². The molecule has 11 heteroatoms. The Hall–Kier alpha value is -4.35. The van der Waals surface area contributed by atoms with E-state index >= 15 is 0 Å². The molecule has 5 rings (SSSR count). The number of para-hydroxylation sites is 1. The van der Waals surface area contributed by atoms with Gasteiger partial charge in [0.25, 0.3) is 11.6 Å². The Morgan fingerprint density at radius 1 is 1.10 bits per heavy atom. The van der Waals surface area contributed by atoms with Crippen molar-refractivity contribution in [1.29, 1.82) is 0 Å². The van der Waals surface area contributed by atoms with E-state index in [1.807, 2.05) is 6.92 Å². The zero-order chi connectivity index (χ0) is 27.6. The fraction of sp³-hybridized carbons (Fsp3) is 0.214. The number of carbonyl (C=O) groups excluding carboxylic acids is 1. The van der Waals surface area contributed by atoms with Gasteiger partial charge >= 0.3 is 0 Å². The van der Waals surface area contributed by atoms with Crippen LogP contribution in [0.15, 0.2) is 77.8 Å². The van der Waals surface area contributed by atoms with Crippen LogP contribution >= 0.6 is 0 Å². The molecule has 1 amide bonds. The number of hydrogen-bond acceptors (Lipinski definition) is 7. The average Bonchev–Trinajstić information content (AvgIpc) is 3.77. The van der Waals surface area contributed by atoms with Gasteiger partial charge in [0.1, 0.15) is 5.75 Å². The van der Waals surface area contributed by atoms with Crippen LogP contribution in [0.3, 0.4) is 0 Å². The SMILES string of the molecule is Cc1c(NC(=O)c2ccc(OCC3CC3)cc2)ccc2cc(CNS(=O)(=O)c3ccccc3[N+](=O)[O-])cnc12. The third kappa shape index (κ3) is 6.05. The second-order valence-electron chi connectivity index (χ2n) is 9.44. The molecule has 4 aromatic rings. The minimum Gasteiger partial charge on any atom is -0.493 e. The molecule has 10 nitrogen and oxygen atoms in total. The number of rotatable bonds is 10. The van der Waals surface area contributed by atoms with E-state index in [1.165, 1.54) is 37.2 Å². The lowest BCUT2D eigenvalue weighted by Gasteiger charge is -2.12. The van der Waals surface area contributed by atoms with Gasteiger partial charge in [-0.05, 0) is 79.3 Å². The maximum atomic E-state index is 12.8. The molecule has 1 fully saturated rings. The van der Waals surface area contributed by atoms with Gasteiger partial charge in [0, 0.05) is 35.4 Å². The van der Waals surface area contributed by atoms with E-state index in [0.717, 1.165) is 22.8 Å². The summed E-state index contributed by atoms with van der Waals surface area (Å²) in [7, 11) is -4.12. The molecule has 0 spiro atoms. The van der Waals surface area contributed by atoms with Gasteiger partial charge < -0.3 is 10.1 Å². The van der Waals surface area contributed by atoms with E-state index < -0.39 is 25.5 Å². The van der Waals surface area contributed by atoms with Crippen molar-refractivity contribution < 1.29 is 22.9 Å². The van der Waals surface area contributed by atoms with Crippen LogP contribution < -0.4 is 14.8 Å². The number of anilines is 1. The molecular formula is C28H26N4O6S. The van der Waals surface area contributed by atoms with Gasteiger partial charge in [-0.25, -0.2) is 13.1 Å². The Balaban J connectivity index is 1.27. The van der Waals surface area contributed by atoms with Gasteiger partial charge in [0.2, 0.25) is 10.0 Å². The Labute approximate surface area is 225 Å². The smallest absolute Gasteiger partial charge is 0.289 e. The molecular weight excluding hydrogens is 520 g/mol. The number of ether oxygens (including phenoxy) is 1. The minimum absolute atomic E-state index is 0.102. The van der Waals surface area contributed by atoms with Crippen molar-refractivity contribution in [2.24, 2.45) is 5.92 Å². The second-order valence-corrected chi connectivity index (χ2v) is 11.2. The number of carbonyl (C=O) groups is 1. The lowest BCUT2D eigenvalue weighted by molar-refractivity contribution is -0.387. The summed E-state index contributed by atoms with van der Waals surface area (Å²) in [6.45, 7) is 2.45. The first-order chi connectivity index (χ1) is 18.7. The molecule has 1 saturated carbocycles. The number of fused-ring (bicyclic) bond motifs is 1. The molecule has 1 aliphatic rings. The van der Waals surface area contributed by atoms with E-state index in [4.69, 9.17) is 4.74 Å². The normalized spacial score (nSPS) is 13.3. The summed E-state index contributed by atoms with van der Waals surface area (Å²) in [5.74, 6) is 1.13. The van der Waals surface area contributed by atoms with Crippen LogP contribution in [-0.4, -0.2) is 30.8 Å². The molecule has 39 heavy (non-hydrogen) atoms. The van der Waals surface area contributed by atoms with Crippen LogP contribution in [-0.2, 0) is 16.6 Å². The maximum absolute atomic E-state index is 12.8. The summed E-state index contributed by atoms with van der Waals surface area (Å²) in [5, 5.41) is 14.9. The zero-order valence-electron chi connectivity index (χ0n) is 21.1. The number of benzene rings is 3. The lowest BCUT2D eigenvalue weighted by atomic mass is 10.1. The van der Waals surface area contributed by atoms with Gasteiger partial charge in [0.15, 0.2) is 4.90 Å². The van der Waals surface area contributed by atoms with Crippen LogP contribution in [0.2, 0.25) is 0 Å². The molecule has 0 unspecified atom stereocenters. The van der Waals surface area contributed by atoms with Crippen molar-refractivity contribution in [2.75, 3.05) is 11.9 Å². The molecule has 2 N–H and O–H groups in total. The van der Waals surface area contributed by atoms with Crippen molar-refractivity contribution in [1.82, 2.24) is 9.71 Å². The summed E-state index contributed by atoms with van der Waals surface area (Å²) in [4.78, 5) is 27.4. The third-order valence-electron chi connectivity index (χ3n) is 6.53. The van der Waals surface area contributed by atoms with Crippen molar-refractivity contribution >= 4 is 38.2 Å². The average molecular weight is 547 g/mol. The largest absolute Gasteiger partial charge is 0.493 e. The van der Waals surface area contributed by atoms with Crippen molar-refractivity contribution in [2.45, 2.75) is 31.2 Å². The maximum Gasteiger partial charge on any atom is 0.289 e. The van der Waals surface area contributed by atoms with Crippen LogP contribution in [0.25, 0.3) is 10.9 Å². The fourth-order valence-corrected chi connectivity index (χ4v) is 5.30. The first kappa shape index (κ1) is 26.3. The molecule has 1 heterocycles. The number of nitro groups is 1. The van der Waals surface area contributed by atoms with E-state index in [-0.39, 0.29) is 12.5 Å². The number of nitro benzene ring substituents is 1. The van der Waals surface area contributed by atoms with Crippen molar-refractivity contribution in [3.8, 4) is 5.75 Å². The highest BCUT2D eigenvalue weighted by atomic mass is 32.2. The molecule has 0 radical (unpaired) electrons. The van der Waals surface area contributed by atoms with E-state index in [1.54, 1.807) is 42.5 Å². The second kappa shape index (κ2) is 10.8. The zero-order valence-corrected chi connectivity index (χ0v) is 21.9. The number of nitrogens with zero attached hydrogens (tertiary/aromatic N) is 2. The van der Waals surface area contributed by atoms with Crippen LogP contribution in [0.4, 0.5) is 11.4 Å². The molecule has 200 valence electrons. The number of amides is 1. The molecule has 3 aromatic carbocycles. The molecule has 1 aromatic heterocycles. The number of aryl methyl sites for hydroxylation is 1. The third-order valence-corrected chi connectivity index (χ3v) is 7.98. The highest BCUT2D eigenvalue weighted by Gasteiger charge is 2.25. The predicted octanol–water partition coefficient (Wildman–Crippen LogP) is 4.97. The Morgan fingerprint density at radius 2 is 1.85 bits per heavy atom. The van der Waals surface area contributed by atoms with E-state index in [0.29, 0.717) is 34.9 Å². The monoisotopic (exact) mass is 546 g/mol. The minimum atomic E-state index is -4.12. The van der Waals surface area contributed by atoms with Crippen molar-refractivity contribution in [3.05, 3.63) is 99.7 Å². The summed E-state index contributed by atoms with van der Waals surface area (Å²) < 4.78 is 33.6. The molecule has 0 atom stereocenters. The van der Waals surface area contributed by atoms with Crippen LogP contribution in [0.1, 0.15) is 34.3 Å². The van der Waals surface area contributed by atoms with E-state index in [9.17, 15) is 23.3 Å². The quantitative estimate of drug-likeness (QED) is 0.211. The Morgan fingerprint density at radius 3 is 2.56 bits per heavy atom. The first-order valence-corrected chi connectivity index (χ1v) is 13.8. The number of nitrogens with one attached hydrogen (secondary N) is 2. The van der Waals surface area contributed by atoms with Gasteiger partial charge in [-0.2, -0.15) is 0 Å². The summed E-state index contributed by atoms with van der Waals surface area (Å²) in [6.07, 6.45) is 3.95. The number of aromatic nitrogens is 1. The van der Waals surface area contributed by atoms with Gasteiger partial charge in [-0.3, -0.25) is 19.9 Å². The molecule has 0 saturated heterocycles. The Bertz CT molecular complexity index is 1670. The van der Waals surface area contributed by atoms with Crippen molar-refractivity contribution in [3.63, 3.8) is 0 Å². The topological polar surface area (TPSA) is 141 Å². The number of pyridine rings is 1. The number of hydrogen-bond donors (Lipinski definition) is 2. The summed E-state index contributed by atoms with van der Waals surface area (Å²) >= 11 is 0. The van der Waals surface area contributed by atoms with E-state index in [2.05, 4.69) is 15.0 Å². The van der Waals surface area contributed by atoms with Crippen LogP contribution in [0.5, 0.6) is 5.75 Å². The molecule has 1 aliphatic carbocycles. The lowest BCUT2D eigenvalue weighted by Crippen LogP contribution is -2.24. The standard InChI is InChI=1S/C28H26N4O6S/c1-18-24(31-28(33)21-8-11-23(12-9-21)38-17-19-6-7-19)13-10-22-14-20(15-29-27(18)22)16-30-39(36,37)26-5-3-2-4-25(26)32(34)35/h2-5,8-15,19,30H,6-7,16-17H2,1H3,(H,31,33). The molecule has 0 bridgehead atoms. The van der Waals surface area contributed by atoms with Gasteiger partial charge in [0.05, 0.1) is 17.0 Å². The fourth-order valence-electron chi connectivity index (χ4n) is 4.11. The highest BCUT2D eigenvalue weighted by Crippen LogP contribution is 2.30. The number of sulfonamides is 1. The first-order valence-electron chi connectivity index (χ1n) is 12.4.